The maximum atomic E-state index is 11.7. The van der Waals surface area contributed by atoms with Gasteiger partial charge in [0, 0.05) is 0 Å². The summed E-state index contributed by atoms with van der Waals surface area (Å²) in [5.74, 6) is -2.07. The van der Waals surface area contributed by atoms with Gasteiger partial charge in [-0.05, 0) is 13.8 Å². The fourth-order valence-electron chi connectivity index (χ4n) is 1.04. The fraction of sp³-hybridized carbons (Fsp3) is 0.714. The van der Waals surface area contributed by atoms with Crippen molar-refractivity contribution in [1.29, 1.82) is 0 Å². The molecule has 0 aliphatic heterocycles. The van der Waals surface area contributed by atoms with E-state index in [-0.39, 0.29) is 6.00 Å². The molecule has 0 unspecified atom stereocenters. The van der Waals surface area contributed by atoms with Crippen LogP contribution in [0.2, 0.25) is 0 Å². The first-order valence-corrected chi connectivity index (χ1v) is 6.67. The molecule has 0 aromatic heterocycles. The van der Waals surface area contributed by atoms with Gasteiger partial charge in [-0.15, -0.1) is 11.6 Å². The second-order valence-electron chi connectivity index (χ2n) is 3.34. The number of hydrogen-bond donors (Lipinski definition) is 4. The molecular weight excluding hydrogens is 275 g/mol. The van der Waals surface area contributed by atoms with E-state index < -0.39 is 31.7 Å². The first-order valence-electron chi connectivity index (χ1n) is 4.52. The Labute approximate surface area is 103 Å². The maximum absolute atomic E-state index is 11.7. The third-order valence-electron chi connectivity index (χ3n) is 1.97. The number of carboxylic acid groups (broad SMARTS) is 1. The van der Waals surface area contributed by atoms with Crippen molar-refractivity contribution >= 4 is 31.2 Å². The van der Waals surface area contributed by atoms with E-state index in [2.05, 4.69) is 0 Å². The average Bonchev–Trinajstić information content (AvgIpc) is 2.15. The minimum Gasteiger partial charge on any atom is -0.480 e. The van der Waals surface area contributed by atoms with Crippen LogP contribution in [0.15, 0.2) is 0 Å². The molecule has 0 rings (SSSR count). The molecule has 0 spiro atoms. The van der Waals surface area contributed by atoms with Crippen molar-refractivity contribution in [2.24, 2.45) is 0 Å². The van der Waals surface area contributed by atoms with Crippen LogP contribution in [0.5, 0.6) is 0 Å². The SMILES string of the molecule is C[C@H](NP(=O)(O)O)C(=O)N(CCl)[C@@H](C)C(=O)O. The molecule has 0 aliphatic rings. The van der Waals surface area contributed by atoms with Crippen molar-refractivity contribution in [2.75, 3.05) is 6.00 Å². The Morgan fingerprint density at radius 3 is 2.18 bits per heavy atom. The molecular formula is C7H14ClN2O6P. The van der Waals surface area contributed by atoms with Gasteiger partial charge in [-0.3, -0.25) is 4.79 Å². The number of alkyl halides is 1. The van der Waals surface area contributed by atoms with E-state index in [9.17, 15) is 14.2 Å². The Hall–Kier alpha value is -0.660. The van der Waals surface area contributed by atoms with Crippen molar-refractivity contribution < 1.29 is 29.0 Å². The standard InChI is InChI=1S/C7H14ClN2O6P/c1-4(9-17(14,15)16)6(11)10(3-8)5(2)7(12)13/h4-5H,3H2,1-2H3,(H,12,13)(H3,9,14,15,16)/t4-,5-/m0/s1. The van der Waals surface area contributed by atoms with E-state index in [1.165, 1.54) is 13.8 Å². The van der Waals surface area contributed by atoms with E-state index in [0.29, 0.717) is 0 Å². The van der Waals surface area contributed by atoms with Crippen LogP contribution in [0.25, 0.3) is 0 Å². The zero-order valence-electron chi connectivity index (χ0n) is 9.20. The molecule has 0 saturated carbocycles. The van der Waals surface area contributed by atoms with Crippen LogP contribution in [0.3, 0.4) is 0 Å². The molecule has 0 radical (unpaired) electrons. The summed E-state index contributed by atoms with van der Waals surface area (Å²) < 4.78 is 10.6. The highest BCUT2D eigenvalue weighted by Gasteiger charge is 2.30. The lowest BCUT2D eigenvalue weighted by Crippen LogP contribution is -2.49. The summed E-state index contributed by atoms with van der Waals surface area (Å²) in [6, 6.07) is -2.81. The number of amides is 1. The molecule has 0 fully saturated rings. The first-order chi connectivity index (χ1) is 7.60. The van der Waals surface area contributed by atoms with Crippen molar-refractivity contribution in [3.8, 4) is 0 Å². The summed E-state index contributed by atoms with van der Waals surface area (Å²) in [4.78, 5) is 40.4. The number of aliphatic carboxylic acids is 1. The van der Waals surface area contributed by atoms with Gasteiger partial charge in [0.1, 0.15) is 6.04 Å². The number of carbonyl (C=O) groups excluding carboxylic acids is 1. The molecule has 8 nitrogen and oxygen atoms in total. The highest BCUT2D eigenvalue weighted by molar-refractivity contribution is 7.49. The second-order valence-corrected chi connectivity index (χ2v) is 4.92. The largest absolute Gasteiger partial charge is 0.480 e. The topological polar surface area (TPSA) is 127 Å². The highest BCUT2D eigenvalue weighted by atomic mass is 35.5. The van der Waals surface area contributed by atoms with Gasteiger partial charge in [0.05, 0.1) is 12.0 Å². The minimum atomic E-state index is -4.57. The number of hydrogen-bond acceptors (Lipinski definition) is 3. The smallest absolute Gasteiger partial charge is 0.401 e. The average molecular weight is 289 g/mol. The molecule has 0 aliphatic carbocycles. The molecule has 2 atom stereocenters. The summed E-state index contributed by atoms with van der Waals surface area (Å²) in [6.07, 6.45) is 0. The van der Waals surface area contributed by atoms with Gasteiger partial charge in [-0.25, -0.2) is 14.4 Å². The highest BCUT2D eigenvalue weighted by Crippen LogP contribution is 2.29. The van der Waals surface area contributed by atoms with Crippen molar-refractivity contribution in [2.45, 2.75) is 25.9 Å². The summed E-state index contributed by atoms with van der Waals surface area (Å²) in [7, 11) is -4.57. The van der Waals surface area contributed by atoms with Gasteiger partial charge < -0.3 is 19.8 Å². The van der Waals surface area contributed by atoms with Gasteiger partial charge in [-0.2, -0.15) is 0 Å². The van der Waals surface area contributed by atoms with Gasteiger partial charge in [0.2, 0.25) is 5.91 Å². The molecule has 0 aromatic rings. The minimum absolute atomic E-state index is 0.389. The molecule has 4 N–H and O–H groups in total. The third kappa shape index (κ3) is 5.47. The van der Waals surface area contributed by atoms with Gasteiger partial charge in [0.25, 0.3) is 0 Å². The first kappa shape index (κ1) is 16.3. The second kappa shape index (κ2) is 6.32. The number of carbonyl (C=O) groups is 2. The molecule has 0 aromatic carbocycles. The molecule has 10 heteroatoms. The summed E-state index contributed by atoms with van der Waals surface area (Å²) in [5.41, 5.74) is 0. The lowest BCUT2D eigenvalue weighted by atomic mass is 10.2. The van der Waals surface area contributed by atoms with Crippen LogP contribution in [0.1, 0.15) is 13.8 Å². The summed E-state index contributed by atoms with van der Waals surface area (Å²) >= 11 is 5.44. The van der Waals surface area contributed by atoms with Crippen LogP contribution in [0, 0.1) is 0 Å². The van der Waals surface area contributed by atoms with E-state index in [4.69, 9.17) is 26.5 Å². The normalized spacial score (nSPS) is 15.1. The monoisotopic (exact) mass is 288 g/mol. The van der Waals surface area contributed by atoms with Crippen molar-refractivity contribution in [1.82, 2.24) is 9.99 Å². The Balaban J connectivity index is 4.76. The van der Waals surface area contributed by atoms with E-state index in [1.54, 1.807) is 5.09 Å². The van der Waals surface area contributed by atoms with E-state index in [1.807, 2.05) is 0 Å². The lowest BCUT2D eigenvalue weighted by molar-refractivity contribution is -0.149. The van der Waals surface area contributed by atoms with E-state index in [0.717, 1.165) is 4.90 Å². The molecule has 17 heavy (non-hydrogen) atoms. The van der Waals surface area contributed by atoms with Crippen molar-refractivity contribution in [3.63, 3.8) is 0 Å². The Morgan fingerprint density at radius 2 is 1.88 bits per heavy atom. The van der Waals surface area contributed by atoms with Crippen LogP contribution in [0.4, 0.5) is 0 Å². The summed E-state index contributed by atoms with van der Waals surface area (Å²) in [5, 5.41) is 10.5. The zero-order chi connectivity index (χ0) is 13.8. The van der Waals surface area contributed by atoms with Crippen LogP contribution >= 0.6 is 19.3 Å². The molecule has 0 heterocycles. The Bertz CT molecular complexity index is 345. The summed E-state index contributed by atoms with van der Waals surface area (Å²) in [6.45, 7) is 2.45. The molecule has 0 bridgehead atoms. The number of nitrogens with zero attached hydrogens (tertiary/aromatic N) is 1. The predicted octanol–water partition coefficient (Wildman–Crippen LogP) is -0.445. The number of rotatable bonds is 6. The van der Waals surface area contributed by atoms with Crippen LogP contribution in [-0.4, -0.2) is 49.8 Å². The third-order valence-corrected chi connectivity index (χ3v) is 2.95. The zero-order valence-corrected chi connectivity index (χ0v) is 10.9. The quantitative estimate of drug-likeness (QED) is 0.296. The van der Waals surface area contributed by atoms with Gasteiger partial charge in [-0.1, -0.05) is 0 Å². The van der Waals surface area contributed by atoms with Gasteiger partial charge in [0.15, 0.2) is 0 Å². The Kier molecular flexibility index (Phi) is 6.08. The molecule has 1 amide bonds. The number of nitrogens with one attached hydrogen (secondary N) is 1. The fourth-order valence-corrected chi connectivity index (χ4v) is 1.98. The number of carboxylic acids is 1. The van der Waals surface area contributed by atoms with Crippen molar-refractivity contribution in [3.05, 3.63) is 0 Å². The molecule has 0 saturated heterocycles. The van der Waals surface area contributed by atoms with Gasteiger partial charge >= 0.3 is 13.7 Å². The number of halogens is 1. The molecule has 100 valence electrons. The predicted molar refractivity (Wildman–Crippen MR) is 59.3 cm³/mol. The van der Waals surface area contributed by atoms with E-state index >= 15 is 0 Å². The maximum Gasteiger partial charge on any atom is 0.401 e. The van der Waals surface area contributed by atoms with Crippen LogP contribution in [-0.2, 0) is 14.2 Å². The lowest BCUT2D eigenvalue weighted by Gasteiger charge is -2.27. The Morgan fingerprint density at radius 1 is 1.41 bits per heavy atom. The van der Waals surface area contributed by atoms with Crippen LogP contribution < -0.4 is 5.09 Å².